The Balaban J connectivity index is 3.02. The molecular weight excluding hydrogens is 426 g/mol. The van der Waals surface area contributed by atoms with E-state index >= 15 is 0 Å². The molecule has 0 aromatic heterocycles. The van der Waals surface area contributed by atoms with Crippen LogP contribution in [-0.4, -0.2) is 78.9 Å². The first-order valence-corrected chi connectivity index (χ1v) is 9.95. The second-order valence-corrected chi connectivity index (χ2v) is 7.22. The summed E-state index contributed by atoms with van der Waals surface area (Å²) in [6.45, 7) is 3.79. The lowest BCUT2D eigenvalue weighted by Gasteiger charge is -2.23. The van der Waals surface area contributed by atoms with Crippen molar-refractivity contribution in [3.8, 4) is 0 Å². The van der Waals surface area contributed by atoms with Gasteiger partial charge in [-0.25, -0.2) is 5.43 Å². The van der Waals surface area contributed by atoms with Crippen LogP contribution >= 0.6 is 0 Å². The predicted molar refractivity (Wildman–Crippen MR) is 111 cm³/mol. The van der Waals surface area contributed by atoms with Gasteiger partial charge in [0.2, 0.25) is 29.5 Å². The van der Waals surface area contributed by atoms with E-state index in [2.05, 4.69) is 37.4 Å². The summed E-state index contributed by atoms with van der Waals surface area (Å²) in [6.07, 6.45) is -1.47. The normalized spacial score (nSPS) is 29.7. The number of nitrogens with one attached hydrogen (secondary N) is 7. The van der Waals surface area contributed by atoms with Gasteiger partial charge in [-0.1, -0.05) is 0 Å². The molecule has 0 aromatic carbocycles. The molecule has 11 N–H and O–H groups in total. The van der Waals surface area contributed by atoms with Crippen LogP contribution in [0.2, 0.25) is 0 Å². The summed E-state index contributed by atoms with van der Waals surface area (Å²) >= 11 is 0. The van der Waals surface area contributed by atoms with Gasteiger partial charge in [0.15, 0.2) is 6.17 Å². The molecule has 1 aliphatic heterocycles. The van der Waals surface area contributed by atoms with E-state index in [1.165, 1.54) is 20.8 Å². The van der Waals surface area contributed by atoms with Crippen LogP contribution in [0, 0.1) is 0 Å². The fourth-order valence-electron chi connectivity index (χ4n) is 2.46. The van der Waals surface area contributed by atoms with E-state index in [1.807, 2.05) is 0 Å². The van der Waals surface area contributed by atoms with Crippen molar-refractivity contribution in [1.29, 1.82) is 0 Å². The van der Waals surface area contributed by atoms with Gasteiger partial charge in [-0.3, -0.25) is 34.2 Å². The number of amides is 6. The Labute approximate surface area is 184 Å². The molecular formula is C17H31N9O6. The van der Waals surface area contributed by atoms with E-state index in [4.69, 9.17) is 11.5 Å². The molecule has 0 saturated carbocycles. The zero-order chi connectivity index (χ0) is 24.4. The average Bonchev–Trinajstić information content (AvgIpc) is 2.73. The van der Waals surface area contributed by atoms with E-state index in [9.17, 15) is 28.8 Å². The third kappa shape index (κ3) is 8.44. The first kappa shape index (κ1) is 26.7. The third-order valence-electron chi connectivity index (χ3n) is 4.42. The van der Waals surface area contributed by atoms with Crippen molar-refractivity contribution in [2.75, 3.05) is 13.1 Å². The van der Waals surface area contributed by atoms with Gasteiger partial charge in [0.1, 0.15) is 24.2 Å². The van der Waals surface area contributed by atoms with Crippen LogP contribution in [0.5, 0.6) is 0 Å². The van der Waals surface area contributed by atoms with Crippen molar-refractivity contribution < 1.29 is 28.8 Å². The second-order valence-electron chi connectivity index (χ2n) is 7.22. The average molecular weight is 457 g/mol. The van der Waals surface area contributed by atoms with Gasteiger partial charge in [0.05, 0.1) is 6.54 Å². The van der Waals surface area contributed by atoms with Crippen LogP contribution in [0.4, 0.5) is 0 Å². The number of rotatable bonds is 2. The van der Waals surface area contributed by atoms with Gasteiger partial charge in [-0.2, -0.15) is 0 Å². The summed E-state index contributed by atoms with van der Waals surface area (Å²) in [4.78, 5) is 73.2. The van der Waals surface area contributed by atoms with E-state index in [1.54, 1.807) is 0 Å². The van der Waals surface area contributed by atoms with Gasteiger partial charge in [-0.15, -0.1) is 0 Å². The zero-order valence-corrected chi connectivity index (χ0v) is 18.1. The van der Waals surface area contributed by atoms with Crippen molar-refractivity contribution >= 4 is 35.4 Å². The topological polar surface area (TPSA) is 239 Å². The van der Waals surface area contributed by atoms with Crippen LogP contribution in [0.1, 0.15) is 27.2 Å². The Morgan fingerprint density at radius 1 is 0.750 bits per heavy atom. The molecule has 1 fully saturated rings. The first-order chi connectivity index (χ1) is 15.0. The lowest BCUT2D eigenvalue weighted by molar-refractivity contribution is -0.133. The zero-order valence-electron chi connectivity index (χ0n) is 18.1. The lowest BCUT2D eigenvalue weighted by atomic mass is 10.1. The number of carbonyl (C=O) groups excluding carboxylic acids is 6. The summed E-state index contributed by atoms with van der Waals surface area (Å²) in [6, 6.07) is -4.12. The van der Waals surface area contributed by atoms with E-state index < -0.39 is 72.3 Å². The molecule has 0 unspecified atom stereocenters. The van der Waals surface area contributed by atoms with Gasteiger partial charge < -0.3 is 38.1 Å². The maximum absolute atomic E-state index is 12.4. The molecule has 180 valence electrons. The number of hydrogen-bond donors (Lipinski definition) is 9. The maximum atomic E-state index is 12.4. The molecule has 32 heavy (non-hydrogen) atoms. The minimum atomic E-state index is -1.51. The predicted octanol–water partition coefficient (Wildman–Crippen LogP) is -5.63. The lowest BCUT2D eigenvalue weighted by Crippen LogP contribution is -2.61. The molecule has 1 heterocycles. The Kier molecular flexibility index (Phi) is 10.5. The van der Waals surface area contributed by atoms with Crippen molar-refractivity contribution in [3.05, 3.63) is 0 Å². The second kappa shape index (κ2) is 12.5. The molecule has 15 heteroatoms. The summed E-state index contributed by atoms with van der Waals surface area (Å²) in [7, 11) is 0. The fraction of sp³-hybridized carbons (Fsp3) is 0.647. The molecule has 0 radical (unpaired) electrons. The number of nitrogens with two attached hydrogens (primary N) is 2. The van der Waals surface area contributed by atoms with Crippen LogP contribution in [0.15, 0.2) is 0 Å². The van der Waals surface area contributed by atoms with E-state index in [-0.39, 0.29) is 13.0 Å². The van der Waals surface area contributed by atoms with Crippen LogP contribution in [0.3, 0.4) is 0 Å². The largest absolute Gasteiger partial charge is 0.345 e. The molecule has 1 aliphatic rings. The molecule has 0 aliphatic carbocycles. The molecule has 0 bridgehead atoms. The quantitative estimate of drug-likeness (QED) is 0.192. The van der Waals surface area contributed by atoms with Crippen LogP contribution in [0.25, 0.3) is 0 Å². The maximum Gasteiger partial charge on any atom is 0.271 e. The summed E-state index contributed by atoms with van der Waals surface area (Å²) in [5.41, 5.74) is 15.7. The van der Waals surface area contributed by atoms with E-state index in [0.717, 1.165) is 0 Å². The Bertz CT molecular complexity index is 746. The highest BCUT2D eigenvalue weighted by Gasteiger charge is 2.27. The molecule has 1 saturated heterocycles. The highest BCUT2D eigenvalue weighted by atomic mass is 16.2. The van der Waals surface area contributed by atoms with Gasteiger partial charge >= 0.3 is 0 Å². The van der Waals surface area contributed by atoms with Crippen LogP contribution in [-0.2, 0) is 28.8 Å². The molecule has 1 rings (SSSR count). The Morgan fingerprint density at radius 2 is 1.34 bits per heavy atom. The SMILES string of the molecule is C[C@@H]1NNC(=O)[C@H](N)NC(=O)[C@H](CCN)NC(=O)[C@H](C)NC(=O)CNC(=O)[C@@H](C)NC1=O. The summed E-state index contributed by atoms with van der Waals surface area (Å²) < 4.78 is 0. The molecule has 0 spiro atoms. The molecule has 0 aromatic rings. The van der Waals surface area contributed by atoms with Crippen molar-refractivity contribution in [2.24, 2.45) is 11.5 Å². The highest BCUT2D eigenvalue weighted by molar-refractivity contribution is 5.95. The fourth-order valence-corrected chi connectivity index (χ4v) is 2.46. The summed E-state index contributed by atoms with van der Waals surface area (Å²) in [5, 5.41) is 11.8. The van der Waals surface area contributed by atoms with Gasteiger partial charge in [0, 0.05) is 0 Å². The van der Waals surface area contributed by atoms with Gasteiger partial charge in [0.25, 0.3) is 5.91 Å². The van der Waals surface area contributed by atoms with Crippen LogP contribution < -0.4 is 48.9 Å². The standard InChI is InChI=1S/C17H31N9O6/c1-7-13(28)20-6-11(27)21-8(2)14(29)23-10(4-5-18)16(31)24-12(19)17(32)26-25-9(3)15(30)22-7/h7-10,12,25H,4-6,18-19H2,1-3H3,(H,20,28)(H,21,27)(H,22,30)(H,23,29)(H,24,31)(H,26,32)/t7-,8+,9+,10+,12-/m1/s1. The minimum Gasteiger partial charge on any atom is -0.345 e. The van der Waals surface area contributed by atoms with Crippen molar-refractivity contribution in [3.63, 3.8) is 0 Å². The Morgan fingerprint density at radius 3 is 1.97 bits per heavy atom. The third-order valence-corrected chi connectivity index (χ3v) is 4.42. The Hall–Kier alpha value is -3.30. The molecule has 5 atom stereocenters. The van der Waals surface area contributed by atoms with Crippen molar-refractivity contribution in [2.45, 2.75) is 57.5 Å². The number of carbonyl (C=O) groups is 6. The minimum absolute atomic E-state index is 0.0377. The monoisotopic (exact) mass is 457 g/mol. The van der Waals surface area contributed by atoms with Crippen molar-refractivity contribution in [1.82, 2.24) is 37.4 Å². The highest BCUT2D eigenvalue weighted by Crippen LogP contribution is 1.95. The molecule has 15 nitrogen and oxygen atoms in total. The van der Waals surface area contributed by atoms with E-state index in [0.29, 0.717) is 0 Å². The number of hydrazine groups is 1. The molecule has 6 amide bonds. The smallest absolute Gasteiger partial charge is 0.271 e. The number of hydrogen-bond acceptors (Lipinski definition) is 9. The first-order valence-electron chi connectivity index (χ1n) is 9.95. The summed E-state index contributed by atoms with van der Waals surface area (Å²) in [5.74, 6) is -4.25. The van der Waals surface area contributed by atoms with Gasteiger partial charge in [-0.05, 0) is 33.7 Å².